The fourth-order valence-corrected chi connectivity index (χ4v) is 3.33. The Morgan fingerprint density at radius 2 is 1.96 bits per heavy atom. The van der Waals surface area contributed by atoms with Gasteiger partial charge in [-0.15, -0.1) is 0 Å². The van der Waals surface area contributed by atoms with E-state index < -0.39 is 26.7 Å². The Labute approximate surface area is 151 Å². The van der Waals surface area contributed by atoms with Crippen LogP contribution in [0, 0.1) is 5.82 Å². The summed E-state index contributed by atoms with van der Waals surface area (Å²) >= 11 is 0. The van der Waals surface area contributed by atoms with Crippen LogP contribution in [0.5, 0.6) is 0 Å². The Hall–Kier alpha value is -2.55. The van der Waals surface area contributed by atoms with E-state index in [1.807, 2.05) is 4.90 Å². The maximum atomic E-state index is 13.3. The zero-order chi connectivity index (χ0) is 18.7. The summed E-state index contributed by atoms with van der Waals surface area (Å²) in [5.41, 5.74) is 0.705. The number of anilines is 2. The summed E-state index contributed by atoms with van der Waals surface area (Å²) in [6.07, 6.45) is 5.40. The van der Waals surface area contributed by atoms with Gasteiger partial charge in [0.15, 0.2) is 5.69 Å². The van der Waals surface area contributed by atoms with Crippen LogP contribution in [-0.2, 0) is 9.84 Å². The Bertz CT molecular complexity index is 927. The molecule has 0 aliphatic carbocycles. The number of amides is 1. The summed E-state index contributed by atoms with van der Waals surface area (Å²) in [5.74, 6) is -1.10. The number of hydrogen-bond acceptors (Lipinski definition) is 6. The highest BCUT2D eigenvalue weighted by Gasteiger charge is 2.24. The molecule has 2 aromatic rings. The number of halogens is 1. The average Bonchev–Trinajstić information content (AvgIpc) is 2.61. The molecule has 1 N–H and O–H groups in total. The molecule has 0 bridgehead atoms. The standard InChI is InChI=1S/C17H19FN4O3S/c1-26(24,25)17-19-11-14(22-8-3-2-4-9-22)15(21-17)16(23)20-13-7-5-6-12(18)10-13/h5-7,10-11H,2-4,8-9H2,1H3,(H,20,23). The van der Waals surface area contributed by atoms with Crippen molar-refractivity contribution in [1.29, 1.82) is 0 Å². The quantitative estimate of drug-likeness (QED) is 0.821. The molecule has 0 radical (unpaired) electrons. The third-order valence-corrected chi connectivity index (χ3v) is 4.93. The molecule has 0 spiro atoms. The molecule has 0 unspecified atom stereocenters. The van der Waals surface area contributed by atoms with Crippen molar-refractivity contribution in [3.05, 3.63) is 42.0 Å². The van der Waals surface area contributed by atoms with Crippen molar-refractivity contribution in [2.45, 2.75) is 24.4 Å². The van der Waals surface area contributed by atoms with E-state index in [9.17, 15) is 17.6 Å². The minimum Gasteiger partial charge on any atom is -0.368 e. The normalized spacial score (nSPS) is 14.9. The second-order valence-corrected chi connectivity index (χ2v) is 8.08. The highest BCUT2D eigenvalue weighted by Crippen LogP contribution is 2.24. The van der Waals surface area contributed by atoms with Gasteiger partial charge in [0, 0.05) is 25.0 Å². The molecule has 1 aromatic heterocycles. The van der Waals surface area contributed by atoms with Crippen LogP contribution in [0.1, 0.15) is 29.8 Å². The number of nitrogens with zero attached hydrogens (tertiary/aromatic N) is 3. The lowest BCUT2D eigenvalue weighted by molar-refractivity contribution is 0.102. The van der Waals surface area contributed by atoms with Crippen LogP contribution in [0.25, 0.3) is 0 Å². The fourth-order valence-electron chi connectivity index (χ4n) is 2.83. The molecule has 1 saturated heterocycles. The monoisotopic (exact) mass is 378 g/mol. The molecule has 9 heteroatoms. The van der Waals surface area contributed by atoms with E-state index in [-0.39, 0.29) is 11.4 Å². The van der Waals surface area contributed by atoms with Gasteiger partial charge in [-0.1, -0.05) is 6.07 Å². The lowest BCUT2D eigenvalue weighted by atomic mass is 10.1. The van der Waals surface area contributed by atoms with E-state index in [4.69, 9.17) is 0 Å². The van der Waals surface area contributed by atoms with Crippen LogP contribution in [0.2, 0.25) is 0 Å². The Morgan fingerprint density at radius 1 is 1.23 bits per heavy atom. The first-order chi connectivity index (χ1) is 12.3. The summed E-state index contributed by atoms with van der Waals surface area (Å²) in [6, 6.07) is 5.46. The van der Waals surface area contributed by atoms with Crippen molar-refractivity contribution >= 4 is 27.1 Å². The van der Waals surface area contributed by atoms with E-state index in [0.717, 1.165) is 38.6 Å². The van der Waals surface area contributed by atoms with Gasteiger partial charge in [-0.05, 0) is 37.5 Å². The zero-order valence-corrected chi connectivity index (χ0v) is 15.1. The first-order valence-electron chi connectivity index (χ1n) is 8.23. The van der Waals surface area contributed by atoms with E-state index in [0.29, 0.717) is 5.69 Å². The lowest BCUT2D eigenvalue weighted by Crippen LogP contribution is -2.32. The van der Waals surface area contributed by atoms with E-state index in [1.165, 1.54) is 24.4 Å². The molecule has 138 valence electrons. The van der Waals surface area contributed by atoms with Crippen molar-refractivity contribution in [3.8, 4) is 0 Å². The maximum Gasteiger partial charge on any atom is 0.276 e. The number of sulfone groups is 1. The molecular weight excluding hydrogens is 359 g/mol. The van der Waals surface area contributed by atoms with E-state index >= 15 is 0 Å². The van der Waals surface area contributed by atoms with Gasteiger partial charge in [0.2, 0.25) is 15.0 Å². The first-order valence-corrected chi connectivity index (χ1v) is 10.1. The number of benzene rings is 1. The van der Waals surface area contributed by atoms with Gasteiger partial charge in [0.1, 0.15) is 5.82 Å². The molecule has 1 aromatic carbocycles. The number of piperidine rings is 1. The van der Waals surface area contributed by atoms with Crippen molar-refractivity contribution in [2.24, 2.45) is 0 Å². The zero-order valence-electron chi connectivity index (χ0n) is 14.3. The van der Waals surface area contributed by atoms with Gasteiger partial charge in [-0.3, -0.25) is 4.79 Å². The van der Waals surface area contributed by atoms with Gasteiger partial charge in [0.25, 0.3) is 5.91 Å². The average molecular weight is 378 g/mol. The molecular formula is C17H19FN4O3S. The van der Waals surface area contributed by atoms with Gasteiger partial charge in [-0.2, -0.15) is 0 Å². The second kappa shape index (κ2) is 7.36. The van der Waals surface area contributed by atoms with Crippen LogP contribution in [0.4, 0.5) is 15.8 Å². The molecule has 1 fully saturated rings. The molecule has 3 rings (SSSR count). The fraction of sp³-hybridized carbons (Fsp3) is 0.353. The second-order valence-electron chi connectivity index (χ2n) is 6.17. The molecule has 2 heterocycles. The maximum absolute atomic E-state index is 13.3. The van der Waals surface area contributed by atoms with Crippen LogP contribution < -0.4 is 10.2 Å². The number of aromatic nitrogens is 2. The van der Waals surface area contributed by atoms with Crippen molar-refractivity contribution in [3.63, 3.8) is 0 Å². The lowest BCUT2D eigenvalue weighted by Gasteiger charge is -2.29. The Kier molecular flexibility index (Phi) is 5.17. The molecule has 1 aliphatic rings. The molecule has 0 saturated carbocycles. The topological polar surface area (TPSA) is 92.3 Å². The summed E-state index contributed by atoms with van der Waals surface area (Å²) < 4.78 is 36.9. The summed E-state index contributed by atoms with van der Waals surface area (Å²) in [4.78, 5) is 22.6. The van der Waals surface area contributed by atoms with E-state index in [1.54, 1.807) is 6.07 Å². The third kappa shape index (κ3) is 4.16. The molecule has 0 atom stereocenters. The SMILES string of the molecule is CS(=O)(=O)c1ncc(N2CCCCC2)c(C(=O)Nc2cccc(F)c2)n1. The number of hydrogen-bond donors (Lipinski definition) is 1. The number of carbonyl (C=O) groups excluding carboxylic acids is 1. The smallest absolute Gasteiger partial charge is 0.276 e. The number of carbonyl (C=O) groups is 1. The van der Waals surface area contributed by atoms with Gasteiger partial charge < -0.3 is 10.2 Å². The summed E-state index contributed by atoms with van der Waals surface area (Å²) in [7, 11) is -3.67. The van der Waals surface area contributed by atoms with Gasteiger partial charge in [0.05, 0.1) is 11.9 Å². The minimum absolute atomic E-state index is 0.0356. The van der Waals surface area contributed by atoms with Crippen LogP contribution in [0.15, 0.2) is 35.6 Å². The van der Waals surface area contributed by atoms with Crippen LogP contribution >= 0.6 is 0 Å². The summed E-state index contributed by atoms with van der Waals surface area (Å²) in [5, 5.41) is 2.15. The largest absolute Gasteiger partial charge is 0.368 e. The van der Waals surface area contributed by atoms with Crippen LogP contribution in [-0.4, -0.2) is 43.6 Å². The Balaban J connectivity index is 1.99. The van der Waals surface area contributed by atoms with Crippen molar-refractivity contribution in [1.82, 2.24) is 9.97 Å². The highest BCUT2D eigenvalue weighted by molar-refractivity contribution is 7.90. The molecule has 1 aliphatic heterocycles. The summed E-state index contributed by atoms with van der Waals surface area (Å²) in [6.45, 7) is 1.48. The molecule has 7 nitrogen and oxygen atoms in total. The highest BCUT2D eigenvalue weighted by atomic mass is 32.2. The van der Waals surface area contributed by atoms with Crippen molar-refractivity contribution in [2.75, 3.05) is 29.6 Å². The van der Waals surface area contributed by atoms with Gasteiger partial charge >= 0.3 is 0 Å². The number of rotatable bonds is 4. The number of nitrogens with one attached hydrogen (secondary N) is 1. The molecule has 1 amide bonds. The predicted molar refractivity (Wildman–Crippen MR) is 95.6 cm³/mol. The van der Waals surface area contributed by atoms with E-state index in [2.05, 4.69) is 15.3 Å². The van der Waals surface area contributed by atoms with Crippen molar-refractivity contribution < 1.29 is 17.6 Å². The first kappa shape index (κ1) is 18.2. The Morgan fingerprint density at radius 3 is 2.62 bits per heavy atom. The minimum atomic E-state index is -3.67. The molecule has 26 heavy (non-hydrogen) atoms. The third-order valence-electron chi connectivity index (χ3n) is 4.07. The predicted octanol–water partition coefficient (Wildman–Crippen LogP) is 2.26. The van der Waals surface area contributed by atoms with Crippen LogP contribution in [0.3, 0.4) is 0 Å². The van der Waals surface area contributed by atoms with Gasteiger partial charge in [-0.25, -0.2) is 22.8 Å².